The molecule has 1 aromatic heterocycles. The fraction of sp³-hybridized carbons (Fsp3) is 0.389. The van der Waals surface area contributed by atoms with E-state index in [1.807, 2.05) is 30.3 Å². The van der Waals surface area contributed by atoms with Crippen LogP contribution in [0.4, 0.5) is 0 Å². The van der Waals surface area contributed by atoms with Crippen LogP contribution in [0, 0.1) is 6.92 Å². The van der Waals surface area contributed by atoms with Crippen LogP contribution in [0.15, 0.2) is 46.1 Å². The number of rotatable bonds is 6. The summed E-state index contributed by atoms with van der Waals surface area (Å²) in [6.45, 7) is 0.116. The van der Waals surface area contributed by atoms with E-state index in [0.717, 1.165) is 14.7 Å². The number of benzene rings is 1. The van der Waals surface area contributed by atoms with Crippen LogP contribution in [0.5, 0.6) is 0 Å². The second-order valence-electron chi connectivity index (χ2n) is 6.47. The zero-order valence-corrected chi connectivity index (χ0v) is 14.7. The summed E-state index contributed by atoms with van der Waals surface area (Å²) in [7, 11) is 0. The number of aromatic nitrogens is 2. The number of aliphatic hydroxyl groups excluding tert-OH is 1. The highest BCUT2D eigenvalue weighted by molar-refractivity contribution is 5.78. The number of nitrogens with zero attached hydrogens (tertiary/aromatic N) is 2. The van der Waals surface area contributed by atoms with Crippen molar-refractivity contribution in [3.63, 3.8) is 0 Å². The predicted octanol–water partition coefficient (Wildman–Crippen LogP) is -0.686. The molecule has 0 spiro atoms. The second-order valence-corrected chi connectivity index (χ2v) is 6.47. The number of hydrogen-bond acceptors (Lipinski definition) is 7. The smallest absolute Gasteiger partial charge is 0.333 e. The Morgan fingerprint density at radius 1 is 1.26 bits per heavy atom. The van der Waals surface area contributed by atoms with E-state index in [9.17, 15) is 24.6 Å². The van der Waals surface area contributed by atoms with Crippen molar-refractivity contribution in [2.45, 2.75) is 31.9 Å². The van der Waals surface area contributed by atoms with E-state index in [1.165, 1.54) is 13.1 Å². The van der Waals surface area contributed by atoms with Gasteiger partial charge in [0.1, 0.15) is 13.3 Å². The Labute approximate surface area is 154 Å². The van der Waals surface area contributed by atoms with E-state index in [-0.39, 0.29) is 18.9 Å². The monoisotopic (exact) mass is 376 g/mol. The number of carbonyl (C=O) groups is 1. The molecular formula is C18H20N2O7. The van der Waals surface area contributed by atoms with Crippen LogP contribution in [0.3, 0.4) is 0 Å². The largest absolute Gasteiger partial charge is 0.461 e. The van der Waals surface area contributed by atoms with Crippen LogP contribution < -0.4 is 11.2 Å². The maximum Gasteiger partial charge on any atom is 0.333 e. The highest BCUT2D eigenvalue weighted by atomic mass is 16.6. The molecule has 1 aliphatic rings. The Balaban J connectivity index is 1.93. The lowest BCUT2D eigenvalue weighted by Gasteiger charge is -2.25. The van der Waals surface area contributed by atoms with Crippen LogP contribution >= 0.6 is 0 Å². The van der Waals surface area contributed by atoms with Crippen molar-refractivity contribution in [1.29, 1.82) is 0 Å². The molecule has 3 rings (SSSR count). The first-order valence-electron chi connectivity index (χ1n) is 8.31. The van der Waals surface area contributed by atoms with Crippen LogP contribution in [0.2, 0.25) is 0 Å². The first-order valence-corrected chi connectivity index (χ1v) is 8.31. The van der Waals surface area contributed by atoms with E-state index in [2.05, 4.69) is 0 Å². The Morgan fingerprint density at radius 3 is 2.63 bits per heavy atom. The molecule has 9 heteroatoms. The van der Waals surface area contributed by atoms with Gasteiger partial charge in [0.15, 0.2) is 11.6 Å². The average molecular weight is 376 g/mol. The molecule has 0 bridgehead atoms. The minimum Gasteiger partial charge on any atom is -0.461 e. The van der Waals surface area contributed by atoms with Crippen LogP contribution in [-0.2, 0) is 27.6 Å². The number of aliphatic hydroxyl groups is 2. The summed E-state index contributed by atoms with van der Waals surface area (Å²) in [6.07, 6.45) is 1.18. The zero-order chi connectivity index (χ0) is 19.6. The molecule has 1 saturated heterocycles. The van der Waals surface area contributed by atoms with Crippen molar-refractivity contribution in [1.82, 2.24) is 9.13 Å². The lowest BCUT2D eigenvalue weighted by atomic mass is 9.98. The highest BCUT2D eigenvalue weighted by Crippen LogP contribution is 2.29. The molecule has 2 N–H and O–H groups in total. The van der Waals surface area contributed by atoms with Crippen molar-refractivity contribution in [3.05, 3.63) is 68.5 Å². The molecule has 1 fully saturated rings. The average Bonchev–Trinajstić information content (AvgIpc) is 2.97. The van der Waals surface area contributed by atoms with Gasteiger partial charge >= 0.3 is 11.7 Å². The number of cyclic esters (lactones) is 1. The van der Waals surface area contributed by atoms with Gasteiger partial charge in [-0.05, 0) is 12.5 Å². The molecule has 27 heavy (non-hydrogen) atoms. The maximum atomic E-state index is 12.8. The molecule has 2 aromatic rings. The molecule has 0 amide bonds. The van der Waals surface area contributed by atoms with Gasteiger partial charge in [-0.3, -0.25) is 9.36 Å². The van der Waals surface area contributed by atoms with Gasteiger partial charge in [0.25, 0.3) is 5.56 Å². The van der Waals surface area contributed by atoms with Gasteiger partial charge in [0.2, 0.25) is 0 Å². The molecule has 2 heterocycles. The molecule has 0 aliphatic carbocycles. The molecule has 9 nitrogen and oxygen atoms in total. The standard InChI is InChI=1S/C18H20N2O7/c1-12-7-19(14-16(23)27-10-18(14,25)9-21)17(24)20(15(12)22)11-26-8-13-5-3-2-4-6-13/h2-7,14,21,25H,8-11H2,1H3. The molecule has 144 valence electrons. The van der Waals surface area contributed by atoms with Gasteiger partial charge in [0, 0.05) is 11.8 Å². The van der Waals surface area contributed by atoms with Crippen LogP contribution in [0.25, 0.3) is 0 Å². The number of hydrogen-bond donors (Lipinski definition) is 2. The highest BCUT2D eigenvalue weighted by Gasteiger charge is 2.51. The fourth-order valence-electron chi connectivity index (χ4n) is 2.96. The van der Waals surface area contributed by atoms with Gasteiger partial charge in [-0.25, -0.2) is 14.2 Å². The van der Waals surface area contributed by atoms with Crippen molar-refractivity contribution < 1.29 is 24.5 Å². The van der Waals surface area contributed by atoms with Gasteiger partial charge in [0.05, 0.1) is 13.2 Å². The van der Waals surface area contributed by atoms with E-state index < -0.39 is 42.1 Å². The van der Waals surface area contributed by atoms with E-state index in [1.54, 1.807) is 0 Å². The predicted molar refractivity (Wildman–Crippen MR) is 93.0 cm³/mol. The molecule has 1 aromatic carbocycles. The van der Waals surface area contributed by atoms with Crippen LogP contribution in [-0.4, -0.2) is 44.1 Å². The van der Waals surface area contributed by atoms with Crippen molar-refractivity contribution >= 4 is 5.97 Å². The van der Waals surface area contributed by atoms with E-state index in [0.29, 0.717) is 0 Å². The Bertz CT molecular complexity index is 950. The zero-order valence-electron chi connectivity index (χ0n) is 14.7. The first-order chi connectivity index (χ1) is 12.9. The number of ether oxygens (including phenoxy) is 2. The summed E-state index contributed by atoms with van der Waals surface area (Å²) in [5.41, 5.74) is -2.30. The lowest BCUT2D eigenvalue weighted by Crippen LogP contribution is -2.50. The summed E-state index contributed by atoms with van der Waals surface area (Å²) in [6, 6.07) is 7.77. The molecule has 0 radical (unpaired) electrons. The number of aryl methyl sites for hydroxylation is 1. The van der Waals surface area contributed by atoms with Gasteiger partial charge in [-0.1, -0.05) is 30.3 Å². The Morgan fingerprint density at radius 2 is 1.96 bits per heavy atom. The van der Waals surface area contributed by atoms with Gasteiger partial charge in [-0.2, -0.15) is 0 Å². The SMILES string of the molecule is Cc1cn(C2C(=O)OCC2(O)CO)c(=O)n(COCc2ccccc2)c1=O. The maximum absolute atomic E-state index is 12.8. The van der Waals surface area contributed by atoms with E-state index >= 15 is 0 Å². The molecule has 2 atom stereocenters. The summed E-state index contributed by atoms with van der Waals surface area (Å²) < 4.78 is 12.0. The third-order valence-corrected chi connectivity index (χ3v) is 4.45. The van der Waals surface area contributed by atoms with Crippen molar-refractivity contribution in [2.24, 2.45) is 0 Å². The first kappa shape index (κ1) is 19.0. The lowest BCUT2D eigenvalue weighted by molar-refractivity contribution is -0.141. The summed E-state index contributed by atoms with van der Waals surface area (Å²) in [5.74, 6) is -0.858. The van der Waals surface area contributed by atoms with Crippen molar-refractivity contribution in [2.75, 3.05) is 13.2 Å². The minimum atomic E-state index is -1.94. The topological polar surface area (TPSA) is 120 Å². The van der Waals surface area contributed by atoms with Crippen molar-refractivity contribution in [3.8, 4) is 0 Å². The van der Waals surface area contributed by atoms with Gasteiger partial charge in [-0.15, -0.1) is 0 Å². The molecule has 0 saturated carbocycles. The van der Waals surface area contributed by atoms with E-state index in [4.69, 9.17) is 9.47 Å². The van der Waals surface area contributed by atoms with Crippen LogP contribution in [0.1, 0.15) is 17.2 Å². The normalized spacial score (nSPS) is 22.0. The summed E-state index contributed by atoms with van der Waals surface area (Å²) in [4.78, 5) is 37.2. The summed E-state index contributed by atoms with van der Waals surface area (Å²) >= 11 is 0. The Kier molecular flexibility index (Phi) is 5.26. The Hall–Kier alpha value is -2.75. The molecule has 2 unspecified atom stereocenters. The quantitative estimate of drug-likeness (QED) is 0.641. The van der Waals surface area contributed by atoms with Gasteiger partial charge < -0.3 is 19.7 Å². The fourth-order valence-corrected chi connectivity index (χ4v) is 2.96. The third kappa shape index (κ3) is 3.57. The molecular weight excluding hydrogens is 356 g/mol. The second kappa shape index (κ2) is 7.47. The number of carbonyl (C=O) groups excluding carboxylic acids is 1. The summed E-state index contributed by atoms with van der Waals surface area (Å²) in [5, 5.41) is 19.8. The minimum absolute atomic E-state index is 0.179. The third-order valence-electron chi connectivity index (χ3n) is 4.45. The number of esters is 1. The molecule has 1 aliphatic heterocycles.